The predicted octanol–water partition coefficient (Wildman–Crippen LogP) is 2.68. The number of nitrogens with one attached hydrogen (secondary N) is 1. The van der Waals surface area contributed by atoms with Crippen LogP contribution in [0, 0.1) is 16.0 Å². The molecule has 110 valence electrons. The molecule has 5 nitrogen and oxygen atoms in total. The third-order valence-electron chi connectivity index (χ3n) is 3.84. The van der Waals surface area contributed by atoms with Crippen LogP contribution in [0.25, 0.3) is 0 Å². The Morgan fingerprint density at radius 3 is 3.00 bits per heavy atom. The SMILES string of the molecule is CCN1CCC(CNCc2c(Cl)cccc2[N+](=O)[O-])C1. The highest BCUT2D eigenvalue weighted by atomic mass is 35.5. The second-order valence-corrected chi connectivity index (χ2v) is 5.58. The molecule has 6 heteroatoms. The van der Waals surface area contributed by atoms with E-state index < -0.39 is 0 Å². The fourth-order valence-electron chi connectivity index (χ4n) is 2.66. The highest BCUT2D eigenvalue weighted by Crippen LogP contribution is 2.26. The van der Waals surface area contributed by atoms with Gasteiger partial charge in [-0.2, -0.15) is 0 Å². The van der Waals surface area contributed by atoms with Crippen molar-refractivity contribution >= 4 is 17.3 Å². The minimum atomic E-state index is -0.378. The van der Waals surface area contributed by atoms with Gasteiger partial charge in [0, 0.05) is 19.2 Å². The van der Waals surface area contributed by atoms with E-state index in [1.165, 1.54) is 12.5 Å². The fourth-order valence-corrected chi connectivity index (χ4v) is 2.90. The van der Waals surface area contributed by atoms with Crippen LogP contribution >= 0.6 is 11.6 Å². The summed E-state index contributed by atoms with van der Waals surface area (Å²) in [6, 6.07) is 4.80. The predicted molar refractivity (Wildman–Crippen MR) is 80.0 cm³/mol. The zero-order valence-electron chi connectivity index (χ0n) is 11.6. The Morgan fingerprint density at radius 2 is 2.35 bits per heavy atom. The number of likely N-dealkylation sites (tertiary alicyclic amines) is 1. The molecule has 1 aromatic carbocycles. The lowest BCUT2D eigenvalue weighted by Crippen LogP contribution is -2.26. The third kappa shape index (κ3) is 3.69. The van der Waals surface area contributed by atoms with E-state index in [4.69, 9.17) is 11.6 Å². The molecule has 1 saturated heterocycles. The summed E-state index contributed by atoms with van der Waals surface area (Å²) in [5.41, 5.74) is 0.663. The van der Waals surface area contributed by atoms with Gasteiger partial charge in [0.05, 0.1) is 15.5 Å². The number of halogens is 1. The first-order valence-electron chi connectivity index (χ1n) is 6.96. The van der Waals surface area contributed by atoms with E-state index in [1.54, 1.807) is 12.1 Å². The van der Waals surface area contributed by atoms with Gasteiger partial charge in [-0.25, -0.2) is 0 Å². The summed E-state index contributed by atoms with van der Waals surface area (Å²) in [7, 11) is 0. The number of rotatable bonds is 6. The van der Waals surface area contributed by atoms with Gasteiger partial charge in [0.15, 0.2) is 0 Å². The molecule has 1 heterocycles. The second-order valence-electron chi connectivity index (χ2n) is 5.17. The monoisotopic (exact) mass is 297 g/mol. The van der Waals surface area contributed by atoms with Crippen LogP contribution in [0.2, 0.25) is 5.02 Å². The van der Waals surface area contributed by atoms with Gasteiger partial charge in [0.25, 0.3) is 5.69 Å². The highest BCUT2D eigenvalue weighted by Gasteiger charge is 2.21. The summed E-state index contributed by atoms with van der Waals surface area (Å²) in [6.07, 6.45) is 1.19. The number of benzene rings is 1. The van der Waals surface area contributed by atoms with E-state index in [2.05, 4.69) is 17.1 Å². The molecule has 0 saturated carbocycles. The second kappa shape index (κ2) is 7.02. The van der Waals surface area contributed by atoms with Crippen molar-refractivity contribution < 1.29 is 4.92 Å². The summed E-state index contributed by atoms with van der Waals surface area (Å²) in [5.74, 6) is 0.622. The van der Waals surface area contributed by atoms with Gasteiger partial charge in [0.2, 0.25) is 0 Å². The summed E-state index contributed by atoms with van der Waals surface area (Å²) in [5, 5.41) is 14.7. The molecule has 1 N–H and O–H groups in total. The Labute approximate surface area is 124 Å². The zero-order valence-corrected chi connectivity index (χ0v) is 12.4. The summed E-state index contributed by atoms with van der Waals surface area (Å²) < 4.78 is 0. The van der Waals surface area contributed by atoms with Crippen molar-refractivity contribution in [2.75, 3.05) is 26.2 Å². The van der Waals surface area contributed by atoms with E-state index in [-0.39, 0.29) is 10.6 Å². The van der Waals surface area contributed by atoms with Gasteiger partial charge in [-0.3, -0.25) is 10.1 Å². The average molecular weight is 298 g/mol. The van der Waals surface area contributed by atoms with Crippen LogP contribution in [0.5, 0.6) is 0 Å². The maximum absolute atomic E-state index is 11.0. The van der Waals surface area contributed by atoms with Crippen molar-refractivity contribution in [3.63, 3.8) is 0 Å². The number of hydrogen-bond acceptors (Lipinski definition) is 4. The molecule has 0 radical (unpaired) electrons. The molecule has 0 amide bonds. The molecule has 1 unspecified atom stereocenters. The first kappa shape index (κ1) is 15.2. The fraction of sp³-hybridized carbons (Fsp3) is 0.571. The first-order valence-corrected chi connectivity index (χ1v) is 7.34. The molecule has 1 aliphatic heterocycles. The van der Waals surface area contributed by atoms with Crippen LogP contribution in [-0.4, -0.2) is 36.0 Å². The Balaban J connectivity index is 1.90. The van der Waals surface area contributed by atoms with Crippen molar-refractivity contribution in [3.8, 4) is 0 Å². The van der Waals surface area contributed by atoms with Gasteiger partial charge >= 0.3 is 0 Å². The highest BCUT2D eigenvalue weighted by molar-refractivity contribution is 6.31. The summed E-state index contributed by atoms with van der Waals surface area (Å²) in [6.45, 7) is 6.83. The molecule has 0 spiro atoms. The maximum atomic E-state index is 11.0. The van der Waals surface area contributed by atoms with Gasteiger partial charge in [0.1, 0.15) is 0 Å². The smallest absolute Gasteiger partial charge is 0.275 e. The molecule has 1 fully saturated rings. The Kier molecular flexibility index (Phi) is 5.34. The van der Waals surface area contributed by atoms with Gasteiger partial charge in [-0.05, 0) is 38.0 Å². The summed E-state index contributed by atoms with van der Waals surface area (Å²) in [4.78, 5) is 13.0. The van der Waals surface area contributed by atoms with Crippen molar-refractivity contribution in [3.05, 3.63) is 38.9 Å². The van der Waals surface area contributed by atoms with E-state index in [1.807, 2.05) is 0 Å². The molecule has 0 aromatic heterocycles. The van der Waals surface area contributed by atoms with Crippen molar-refractivity contribution in [2.45, 2.75) is 19.9 Å². The lowest BCUT2D eigenvalue weighted by molar-refractivity contribution is -0.385. The standard InChI is InChI=1S/C14H20ClN3O2/c1-2-17-7-6-11(10-17)8-16-9-12-13(15)4-3-5-14(12)18(19)20/h3-5,11,16H,2,6-10H2,1H3. The van der Waals surface area contributed by atoms with Gasteiger partial charge in [-0.1, -0.05) is 24.6 Å². The van der Waals surface area contributed by atoms with Crippen LogP contribution in [0.1, 0.15) is 18.9 Å². The van der Waals surface area contributed by atoms with Crippen LogP contribution in [-0.2, 0) is 6.54 Å². The lowest BCUT2D eigenvalue weighted by Gasteiger charge is -2.14. The molecule has 1 aromatic rings. The molecule has 20 heavy (non-hydrogen) atoms. The minimum Gasteiger partial charge on any atom is -0.312 e. The molecule has 0 aliphatic carbocycles. The van der Waals surface area contributed by atoms with E-state index in [9.17, 15) is 10.1 Å². The molecular formula is C14H20ClN3O2. The summed E-state index contributed by atoms with van der Waals surface area (Å²) >= 11 is 6.06. The quantitative estimate of drug-likeness (QED) is 0.648. The number of hydrogen-bond donors (Lipinski definition) is 1. The molecule has 1 aliphatic rings. The number of nitro groups is 1. The van der Waals surface area contributed by atoms with Crippen LogP contribution in [0.15, 0.2) is 18.2 Å². The van der Waals surface area contributed by atoms with Crippen LogP contribution < -0.4 is 5.32 Å². The zero-order chi connectivity index (χ0) is 14.5. The first-order chi connectivity index (χ1) is 9.61. The van der Waals surface area contributed by atoms with Gasteiger partial charge in [-0.15, -0.1) is 0 Å². The Morgan fingerprint density at radius 1 is 1.55 bits per heavy atom. The normalized spacial score (nSPS) is 19.4. The maximum Gasteiger partial charge on any atom is 0.275 e. The molecular weight excluding hydrogens is 278 g/mol. The average Bonchev–Trinajstić information content (AvgIpc) is 2.88. The lowest BCUT2D eigenvalue weighted by atomic mass is 10.1. The van der Waals surface area contributed by atoms with E-state index >= 15 is 0 Å². The van der Waals surface area contributed by atoms with Gasteiger partial charge < -0.3 is 10.2 Å². The van der Waals surface area contributed by atoms with Crippen LogP contribution in [0.3, 0.4) is 0 Å². The minimum absolute atomic E-state index is 0.0895. The number of nitro benzene ring substituents is 1. The molecule has 1 atom stereocenters. The third-order valence-corrected chi connectivity index (χ3v) is 4.20. The number of nitrogens with zero attached hydrogens (tertiary/aromatic N) is 2. The van der Waals surface area contributed by atoms with Crippen LogP contribution in [0.4, 0.5) is 5.69 Å². The Hall–Kier alpha value is -1.17. The van der Waals surface area contributed by atoms with Crippen molar-refractivity contribution in [1.82, 2.24) is 10.2 Å². The van der Waals surface area contributed by atoms with Crippen molar-refractivity contribution in [1.29, 1.82) is 0 Å². The molecule has 2 rings (SSSR count). The van der Waals surface area contributed by atoms with Crippen molar-refractivity contribution in [2.24, 2.45) is 5.92 Å². The molecule has 0 bridgehead atoms. The van der Waals surface area contributed by atoms with E-state index in [0.29, 0.717) is 23.0 Å². The Bertz CT molecular complexity index is 481. The van der Waals surface area contributed by atoms with E-state index in [0.717, 1.165) is 26.2 Å². The largest absolute Gasteiger partial charge is 0.312 e. The topological polar surface area (TPSA) is 58.4 Å².